The van der Waals surface area contributed by atoms with E-state index in [1.165, 1.54) is 0 Å². The van der Waals surface area contributed by atoms with Crippen molar-refractivity contribution in [3.63, 3.8) is 0 Å². The molecule has 1 fully saturated rings. The Morgan fingerprint density at radius 3 is 2.56 bits per heavy atom. The summed E-state index contributed by atoms with van der Waals surface area (Å²) < 4.78 is 0. The van der Waals surface area contributed by atoms with Crippen molar-refractivity contribution >= 4 is 5.91 Å². The molecule has 0 aromatic carbocycles. The van der Waals surface area contributed by atoms with E-state index in [0.29, 0.717) is 6.42 Å². The SMILES string of the molecule is CCNC(C)CC(=O)NCCN1CCN(C)CC1. The molecular weight excluding hydrogens is 228 g/mol. The van der Waals surface area contributed by atoms with Crippen molar-refractivity contribution in [3.8, 4) is 0 Å². The van der Waals surface area contributed by atoms with E-state index in [2.05, 4.69) is 34.4 Å². The lowest BCUT2D eigenvalue weighted by Gasteiger charge is -2.32. The minimum absolute atomic E-state index is 0.151. The zero-order valence-electron chi connectivity index (χ0n) is 12.0. The van der Waals surface area contributed by atoms with Crippen molar-refractivity contribution in [2.24, 2.45) is 0 Å². The highest BCUT2D eigenvalue weighted by molar-refractivity contribution is 5.76. The van der Waals surface area contributed by atoms with Gasteiger partial charge in [-0.2, -0.15) is 0 Å². The Hall–Kier alpha value is -0.650. The quantitative estimate of drug-likeness (QED) is 0.659. The van der Waals surface area contributed by atoms with Gasteiger partial charge in [0.1, 0.15) is 0 Å². The van der Waals surface area contributed by atoms with E-state index in [1.807, 2.05) is 6.92 Å². The van der Waals surface area contributed by atoms with Crippen LogP contribution in [0.3, 0.4) is 0 Å². The lowest BCUT2D eigenvalue weighted by atomic mass is 10.2. The number of amides is 1. The molecule has 0 bridgehead atoms. The van der Waals surface area contributed by atoms with Crippen LogP contribution in [0.5, 0.6) is 0 Å². The molecule has 0 saturated carbocycles. The Kier molecular flexibility index (Phi) is 7.23. The van der Waals surface area contributed by atoms with Crippen molar-refractivity contribution in [2.45, 2.75) is 26.3 Å². The van der Waals surface area contributed by atoms with Crippen LogP contribution in [0.1, 0.15) is 20.3 Å². The van der Waals surface area contributed by atoms with Crippen molar-refractivity contribution in [1.29, 1.82) is 0 Å². The topological polar surface area (TPSA) is 47.6 Å². The molecule has 2 N–H and O–H groups in total. The molecule has 1 saturated heterocycles. The van der Waals surface area contributed by atoms with Crippen LogP contribution >= 0.6 is 0 Å². The molecule has 0 radical (unpaired) electrons. The second kappa shape index (κ2) is 8.45. The predicted molar refractivity (Wildman–Crippen MR) is 74.7 cm³/mol. The molecule has 1 amide bonds. The number of likely N-dealkylation sites (N-methyl/N-ethyl adjacent to an activating group) is 1. The van der Waals surface area contributed by atoms with Crippen LogP contribution in [0.25, 0.3) is 0 Å². The van der Waals surface area contributed by atoms with Crippen LogP contribution in [-0.2, 0) is 4.79 Å². The second-order valence-corrected chi connectivity index (χ2v) is 5.16. The summed E-state index contributed by atoms with van der Waals surface area (Å²) in [4.78, 5) is 16.4. The summed E-state index contributed by atoms with van der Waals surface area (Å²) in [5.41, 5.74) is 0. The Labute approximate surface area is 111 Å². The predicted octanol–water partition coefficient (Wildman–Crippen LogP) is -0.262. The van der Waals surface area contributed by atoms with Gasteiger partial charge in [0.2, 0.25) is 5.91 Å². The molecule has 5 heteroatoms. The van der Waals surface area contributed by atoms with E-state index < -0.39 is 0 Å². The standard InChI is InChI=1S/C13H28N4O/c1-4-14-12(2)11-13(18)15-5-6-17-9-7-16(3)8-10-17/h12,14H,4-11H2,1-3H3,(H,15,18). The van der Waals surface area contributed by atoms with Crippen LogP contribution in [0, 0.1) is 0 Å². The van der Waals surface area contributed by atoms with Crippen LogP contribution in [-0.4, -0.2) is 74.6 Å². The smallest absolute Gasteiger partial charge is 0.221 e. The van der Waals surface area contributed by atoms with Crippen LogP contribution in [0.15, 0.2) is 0 Å². The van der Waals surface area contributed by atoms with Crippen molar-refractivity contribution < 1.29 is 4.79 Å². The number of carbonyl (C=O) groups is 1. The van der Waals surface area contributed by atoms with Gasteiger partial charge < -0.3 is 15.5 Å². The molecule has 5 nitrogen and oxygen atoms in total. The number of piperazine rings is 1. The molecule has 0 aromatic heterocycles. The number of carbonyl (C=O) groups excluding carboxylic acids is 1. The average Bonchev–Trinajstić information content (AvgIpc) is 2.32. The fraction of sp³-hybridized carbons (Fsp3) is 0.923. The minimum Gasteiger partial charge on any atom is -0.355 e. The first-order valence-electron chi connectivity index (χ1n) is 7.02. The van der Waals surface area contributed by atoms with Gasteiger partial charge in [0.05, 0.1) is 0 Å². The molecule has 1 rings (SSSR count). The summed E-state index contributed by atoms with van der Waals surface area (Å²) in [7, 11) is 2.15. The Balaban J connectivity index is 2.04. The van der Waals surface area contributed by atoms with E-state index in [-0.39, 0.29) is 11.9 Å². The third kappa shape index (κ3) is 6.33. The van der Waals surface area contributed by atoms with Crippen molar-refractivity contribution in [2.75, 3.05) is 52.9 Å². The van der Waals surface area contributed by atoms with Crippen LogP contribution in [0.4, 0.5) is 0 Å². The second-order valence-electron chi connectivity index (χ2n) is 5.16. The molecular formula is C13H28N4O. The lowest BCUT2D eigenvalue weighted by molar-refractivity contribution is -0.121. The number of nitrogens with one attached hydrogen (secondary N) is 2. The minimum atomic E-state index is 0.151. The van der Waals surface area contributed by atoms with Crippen molar-refractivity contribution in [1.82, 2.24) is 20.4 Å². The Morgan fingerprint density at radius 2 is 1.94 bits per heavy atom. The molecule has 0 aromatic rings. The molecule has 0 spiro atoms. The van der Waals surface area contributed by atoms with E-state index in [9.17, 15) is 4.79 Å². The Morgan fingerprint density at radius 1 is 1.28 bits per heavy atom. The number of nitrogens with zero attached hydrogens (tertiary/aromatic N) is 2. The largest absolute Gasteiger partial charge is 0.355 e. The van der Waals surface area contributed by atoms with Gasteiger partial charge in [-0.3, -0.25) is 9.69 Å². The summed E-state index contributed by atoms with van der Waals surface area (Å²) in [5.74, 6) is 0.151. The molecule has 1 aliphatic rings. The fourth-order valence-electron chi connectivity index (χ4n) is 2.20. The van der Waals surface area contributed by atoms with Gasteiger partial charge in [-0.15, -0.1) is 0 Å². The molecule has 18 heavy (non-hydrogen) atoms. The highest BCUT2D eigenvalue weighted by Crippen LogP contribution is 1.97. The van der Waals surface area contributed by atoms with Gasteiger partial charge in [-0.1, -0.05) is 6.92 Å². The average molecular weight is 256 g/mol. The first-order chi connectivity index (χ1) is 8.61. The normalized spacial score (nSPS) is 19.7. The fourth-order valence-corrected chi connectivity index (χ4v) is 2.20. The molecule has 1 unspecified atom stereocenters. The summed E-state index contributed by atoms with van der Waals surface area (Å²) >= 11 is 0. The molecule has 106 valence electrons. The summed E-state index contributed by atoms with van der Waals surface area (Å²) in [6, 6.07) is 0.263. The van der Waals surface area contributed by atoms with Gasteiger partial charge >= 0.3 is 0 Å². The maximum atomic E-state index is 11.6. The highest BCUT2D eigenvalue weighted by atomic mass is 16.1. The van der Waals surface area contributed by atoms with Gasteiger partial charge in [-0.25, -0.2) is 0 Å². The van der Waals surface area contributed by atoms with Crippen molar-refractivity contribution in [3.05, 3.63) is 0 Å². The number of hydrogen-bond donors (Lipinski definition) is 2. The van der Waals surface area contributed by atoms with E-state index in [4.69, 9.17) is 0 Å². The third-order valence-corrected chi connectivity index (χ3v) is 3.39. The van der Waals surface area contributed by atoms with E-state index >= 15 is 0 Å². The third-order valence-electron chi connectivity index (χ3n) is 3.39. The molecule has 1 atom stereocenters. The Bertz CT molecular complexity index is 239. The molecule has 0 aliphatic carbocycles. The first kappa shape index (κ1) is 15.4. The highest BCUT2D eigenvalue weighted by Gasteiger charge is 2.13. The number of hydrogen-bond acceptors (Lipinski definition) is 4. The molecule has 1 aliphatic heterocycles. The summed E-state index contributed by atoms with van der Waals surface area (Å²) in [6.45, 7) is 11.2. The lowest BCUT2D eigenvalue weighted by Crippen LogP contribution is -2.47. The number of rotatable bonds is 7. The van der Waals surface area contributed by atoms with Gasteiger partial charge in [0, 0.05) is 51.7 Å². The van der Waals surface area contributed by atoms with Gasteiger partial charge in [0.15, 0.2) is 0 Å². The van der Waals surface area contributed by atoms with E-state index in [1.54, 1.807) is 0 Å². The zero-order chi connectivity index (χ0) is 13.4. The van der Waals surface area contributed by atoms with Crippen LogP contribution < -0.4 is 10.6 Å². The monoisotopic (exact) mass is 256 g/mol. The molecule has 1 heterocycles. The summed E-state index contributed by atoms with van der Waals surface area (Å²) in [5, 5.41) is 6.24. The zero-order valence-corrected chi connectivity index (χ0v) is 12.0. The van der Waals surface area contributed by atoms with E-state index in [0.717, 1.165) is 45.8 Å². The van der Waals surface area contributed by atoms with Crippen LogP contribution in [0.2, 0.25) is 0 Å². The first-order valence-corrected chi connectivity index (χ1v) is 7.02. The summed E-state index contributed by atoms with van der Waals surface area (Å²) in [6.07, 6.45) is 0.566. The maximum Gasteiger partial charge on any atom is 0.221 e. The maximum absolute atomic E-state index is 11.6. The van der Waals surface area contributed by atoms with Gasteiger partial charge in [0.25, 0.3) is 0 Å². The van der Waals surface area contributed by atoms with Gasteiger partial charge in [-0.05, 0) is 20.5 Å².